The van der Waals surface area contributed by atoms with Gasteiger partial charge in [-0.15, -0.1) is 0 Å². The van der Waals surface area contributed by atoms with Gasteiger partial charge in [0.05, 0.1) is 0 Å². The Labute approximate surface area is 176 Å². The summed E-state index contributed by atoms with van der Waals surface area (Å²) in [6.45, 7) is 0. The fraction of sp³-hybridized carbons (Fsp3) is 0.423. The highest BCUT2D eigenvalue weighted by molar-refractivity contribution is 5.77. The molecule has 3 heteroatoms. The van der Waals surface area contributed by atoms with Crippen molar-refractivity contribution >= 4 is 5.69 Å². The number of anilines is 1. The van der Waals surface area contributed by atoms with Crippen molar-refractivity contribution in [3.63, 3.8) is 0 Å². The van der Waals surface area contributed by atoms with Crippen LogP contribution >= 0.6 is 0 Å². The summed E-state index contributed by atoms with van der Waals surface area (Å²) in [6, 6.07) is 17.5. The van der Waals surface area contributed by atoms with Gasteiger partial charge in [-0.1, -0.05) is 74.6 Å². The van der Waals surface area contributed by atoms with Crippen LogP contribution < -0.4 is 4.90 Å². The lowest BCUT2D eigenvalue weighted by molar-refractivity contribution is 0.579. The van der Waals surface area contributed by atoms with E-state index in [9.17, 15) is 0 Å². The summed E-state index contributed by atoms with van der Waals surface area (Å²) < 4.78 is 0. The van der Waals surface area contributed by atoms with Gasteiger partial charge in [-0.2, -0.15) is 0 Å². The third-order valence-electron chi connectivity index (χ3n) is 5.60. The predicted molar refractivity (Wildman–Crippen MR) is 125 cm³/mol. The van der Waals surface area contributed by atoms with Crippen LogP contribution in [0.25, 0.3) is 11.4 Å². The summed E-state index contributed by atoms with van der Waals surface area (Å²) in [7, 11) is 4.20. The first-order valence-electron chi connectivity index (χ1n) is 11.1. The van der Waals surface area contributed by atoms with Crippen LogP contribution in [0.2, 0.25) is 0 Å². The molecule has 3 rings (SSSR count). The van der Waals surface area contributed by atoms with E-state index in [-0.39, 0.29) is 0 Å². The smallest absolute Gasteiger partial charge is 0.139 e. The molecule has 0 aliphatic rings. The van der Waals surface area contributed by atoms with Gasteiger partial charge < -0.3 is 9.88 Å². The Hall–Kier alpha value is -2.55. The molecule has 0 aliphatic carbocycles. The summed E-state index contributed by atoms with van der Waals surface area (Å²) in [5.74, 6) is 0.975. The summed E-state index contributed by atoms with van der Waals surface area (Å²) >= 11 is 0. The Kier molecular flexibility index (Phi) is 8.36. The fourth-order valence-electron chi connectivity index (χ4n) is 4.02. The fourth-order valence-corrected chi connectivity index (χ4v) is 4.02. The summed E-state index contributed by atoms with van der Waals surface area (Å²) in [5, 5.41) is 0. The molecule has 0 spiro atoms. The van der Waals surface area contributed by atoms with E-state index < -0.39 is 0 Å². The minimum absolute atomic E-state index is 0.975. The van der Waals surface area contributed by atoms with Crippen LogP contribution in [0.3, 0.4) is 0 Å². The van der Waals surface area contributed by atoms with Crippen LogP contribution in [0.5, 0.6) is 0 Å². The van der Waals surface area contributed by atoms with Gasteiger partial charge in [-0.25, -0.2) is 4.98 Å². The van der Waals surface area contributed by atoms with Crippen LogP contribution in [0.1, 0.15) is 56.1 Å². The average molecular weight is 390 g/mol. The van der Waals surface area contributed by atoms with Gasteiger partial charge in [0.1, 0.15) is 5.82 Å². The molecule has 0 radical (unpaired) electrons. The number of benzene rings is 2. The van der Waals surface area contributed by atoms with Crippen LogP contribution in [0.4, 0.5) is 5.69 Å². The lowest BCUT2D eigenvalue weighted by atomic mass is 9.98. The number of nitrogens with zero attached hydrogens (tertiary/aromatic N) is 2. The summed E-state index contributed by atoms with van der Waals surface area (Å²) in [5.41, 5.74) is 5.35. The van der Waals surface area contributed by atoms with Crippen molar-refractivity contribution in [2.75, 3.05) is 19.0 Å². The monoisotopic (exact) mass is 389 g/mol. The highest BCUT2D eigenvalue weighted by Crippen LogP contribution is 2.32. The molecule has 3 aromatic rings. The van der Waals surface area contributed by atoms with Gasteiger partial charge in [0.2, 0.25) is 0 Å². The number of aryl methyl sites for hydroxylation is 2. The third-order valence-corrected chi connectivity index (χ3v) is 5.60. The van der Waals surface area contributed by atoms with Crippen LogP contribution in [0, 0.1) is 0 Å². The zero-order valence-electron chi connectivity index (χ0n) is 18.0. The highest BCUT2D eigenvalue weighted by Gasteiger charge is 2.13. The second kappa shape index (κ2) is 11.5. The second-order valence-corrected chi connectivity index (χ2v) is 8.10. The Morgan fingerprint density at radius 2 is 1.45 bits per heavy atom. The number of aromatic amines is 1. The maximum Gasteiger partial charge on any atom is 0.139 e. The van der Waals surface area contributed by atoms with E-state index in [1.54, 1.807) is 0 Å². The molecule has 1 heterocycles. The van der Waals surface area contributed by atoms with Crippen LogP contribution in [0.15, 0.2) is 60.9 Å². The molecule has 0 saturated heterocycles. The van der Waals surface area contributed by atoms with Crippen molar-refractivity contribution in [3.8, 4) is 11.4 Å². The molecule has 0 bridgehead atoms. The number of unbranched alkanes of at least 4 members (excludes halogenated alkanes) is 6. The molecule has 2 aromatic carbocycles. The predicted octanol–water partition coefficient (Wildman–Crippen LogP) is 6.66. The Bertz CT molecular complexity index is 822. The number of rotatable bonds is 12. The first-order valence-corrected chi connectivity index (χ1v) is 11.1. The second-order valence-electron chi connectivity index (χ2n) is 8.10. The van der Waals surface area contributed by atoms with Crippen molar-refractivity contribution in [1.82, 2.24) is 9.97 Å². The lowest BCUT2D eigenvalue weighted by Gasteiger charge is -2.19. The zero-order valence-corrected chi connectivity index (χ0v) is 18.0. The normalized spacial score (nSPS) is 11.0. The number of H-pyrrole nitrogens is 1. The number of hydrogen-bond donors (Lipinski definition) is 1. The van der Waals surface area contributed by atoms with Crippen molar-refractivity contribution in [2.45, 2.75) is 57.8 Å². The van der Waals surface area contributed by atoms with Crippen molar-refractivity contribution in [3.05, 3.63) is 72.1 Å². The number of aromatic nitrogens is 2. The molecular weight excluding hydrogens is 354 g/mol. The first-order chi connectivity index (χ1) is 14.3. The van der Waals surface area contributed by atoms with E-state index in [2.05, 4.69) is 77.5 Å². The zero-order chi connectivity index (χ0) is 20.3. The van der Waals surface area contributed by atoms with E-state index in [1.165, 1.54) is 73.7 Å². The van der Waals surface area contributed by atoms with E-state index in [0.29, 0.717) is 0 Å². The summed E-state index contributed by atoms with van der Waals surface area (Å²) in [4.78, 5) is 9.99. The van der Waals surface area contributed by atoms with Crippen molar-refractivity contribution in [1.29, 1.82) is 0 Å². The first kappa shape index (κ1) is 21.2. The van der Waals surface area contributed by atoms with Crippen LogP contribution in [-0.2, 0) is 12.8 Å². The molecule has 0 aliphatic heterocycles. The van der Waals surface area contributed by atoms with Gasteiger partial charge in [0, 0.05) is 37.7 Å². The number of imidazole rings is 1. The van der Waals surface area contributed by atoms with Gasteiger partial charge in [0.25, 0.3) is 0 Å². The molecule has 1 aromatic heterocycles. The third kappa shape index (κ3) is 6.49. The van der Waals surface area contributed by atoms with Gasteiger partial charge in [0.15, 0.2) is 0 Å². The summed E-state index contributed by atoms with van der Waals surface area (Å²) in [6.07, 6.45) is 15.4. The van der Waals surface area contributed by atoms with E-state index >= 15 is 0 Å². The van der Waals surface area contributed by atoms with Gasteiger partial charge in [-0.3, -0.25) is 0 Å². The van der Waals surface area contributed by atoms with Crippen molar-refractivity contribution in [2.24, 2.45) is 0 Å². The molecule has 29 heavy (non-hydrogen) atoms. The van der Waals surface area contributed by atoms with Crippen LogP contribution in [-0.4, -0.2) is 24.1 Å². The highest BCUT2D eigenvalue weighted by atomic mass is 15.1. The average Bonchev–Trinajstić information content (AvgIpc) is 3.27. The minimum atomic E-state index is 0.975. The van der Waals surface area contributed by atoms with E-state index in [0.717, 1.165) is 12.2 Å². The molecule has 0 unspecified atom stereocenters. The molecule has 154 valence electrons. The quantitative estimate of drug-likeness (QED) is 0.351. The van der Waals surface area contributed by atoms with E-state index in [1.807, 2.05) is 12.4 Å². The molecule has 0 amide bonds. The number of hydrogen-bond acceptors (Lipinski definition) is 2. The Balaban J connectivity index is 1.38. The van der Waals surface area contributed by atoms with Gasteiger partial charge >= 0.3 is 0 Å². The molecular formula is C26H35N3. The van der Waals surface area contributed by atoms with Crippen molar-refractivity contribution < 1.29 is 0 Å². The Morgan fingerprint density at radius 1 is 0.759 bits per heavy atom. The van der Waals surface area contributed by atoms with Gasteiger partial charge in [-0.05, 0) is 42.9 Å². The minimum Gasteiger partial charge on any atom is -0.377 e. The Morgan fingerprint density at radius 3 is 2.10 bits per heavy atom. The van der Waals surface area contributed by atoms with E-state index in [4.69, 9.17) is 0 Å². The molecule has 1 N–H and O–H groups in total. The molecule has 0 saturated carbocycles. The number of nitrogens with one attached hydrogen (secondary N) is 1. The maximum absolute atomic E-state index is 4.52. The standard InChI is InChI=1S/C26H35N3/c1-29(2)24-19-13-18-23(25(24)26-27-20-21-28-26)17-12-7-5-3-4-6-9-14-22-15-10-8-11-16-22/h8,10-11,13,15-16,18-21H,3-7,9,12,14,17H2,1-2H3,(H,27,28). The maximum atomic E-state index is 4.52. The SMILES string of the molecule is CN(C)c1cccc(CCCCCCCCCc2ccccc2)c1-c1ncc[nH]1. The molecule has 0 atom stereocenters. The molecule has 0 fully saturated rings. The lowest BCUT2D eigenvalue weighted by Crippen LogP contribution is -2.11. The largest absolute Gasteiger partial charge is 0.377 e. The molecule has 3 nitrogen and oxygen atoms in total. The topological polar surface area (TPSA) is 31.9 Å².